The average molecular weight is 243 g/mol. The van der Waals surface area contributed by atoms with Crippen LogP contribution in [0, 0.1) is 0 Å². The summed E-state index contributed by atoms with van der Waals surface area (Å²) in [5.41, 5.74) is 0. The Morgan fingerprint density at radius 2 is 2.06 bits per heavy atom. The summed E-state index contributed by atoms with van der Waals surface area (Å²) in [6.07, 6.45) is 0.948. The fourth-order valence-electron chi connectivity index (χ4n) is 2.02. The monoisotopic (exact) mass is 243 g/mol. The quantitative estimate of drug-likeness (QED) is 0.763. The Hall–Kier alpha value is -1.30. The Balaban J connectivity index is 2.55. The molecule has 0 spiro atoms. The predicted octanol–water partition coefficient (Wildman–Crippen LogP) is 0.149. The minimum Gasteiger partial charge on any atom is -0.480 e. The molecule has 0 radical (unpaired) electrons. The van der Waals surface area contributed by atoms with Crippen molar-refractivity contribution < 1.29 is 14.7 Å². The van der Waals surface area contributed by atoms with Gasteiger partial charge in [-0.2, -0.15) is 0 Å². The maximum absolute atomic E-state index is 12.1. The van der Waals surface area contributed by atoms with Crippen LogP contribution in [-0.2, 0) is 4.79 Å². The molecule has 0 saturated carbocycles. The smallest absolute Gasteiger partial charge is 0.323 e. The molecule has 1 unspecified atom stereocenters. The molecule has 1 atom stereocenters. The first-order chi connectivity index (χ1) is 7.95. The van der Waals surface area contributed by atoms with E-state index < -0.39 is 5.97 Å². The lowest BCUT2D eigenvalue weighted by atomic mass is 10.2. The summed E-state index contributed by atoms with van der Waals surface area (Å²) in [7, 11) is 3.99. The molecule has 6 heteroatoms. The molecule has 1 aliphatic heterocycles. The lowest BCUT2D eigenvalue weighted by molar-refractivity contribution is -0.137. The van der Waals surface area contributed by atoms with E-state index in [1.165, 1.54) is 4.90 Å². The molecule has 1 N–H and O–H groups in total. The lowest BCUT2D eigenvalue weighted by Crippen LogP contribution is -2.45. The number of nitrogens with zero attached hydrogens (tertiary/aromatic N) is 3. The van der Waals surface area contributed by atoms with Crippen molar-refractivity contribution in [3.63, 3.8) is 0 Å². The Kier molecular flexibility index (Phi) is 4.74. The zero-order chi connectivity index (χ0) is 13.0. The molecule has 1 aliphatic rings. The van der Waals surface area contributed by atoms with Gasteiger partial charge < -0.3 is 19.8 Å². The number of rotatable bonds is 4. The van der Waals surface area contributed by atoms with Crippen LogP contribution >= 0.6 is 0 Å². The zero-order valence-corrected chi connectivity index (χ0v) is 10.7. The van der Waals surface area contributed by atoms with Crippen LogP contribution in [0.1, 0.15) is 13.3 Å². The number of likely N-dealkylation sites (N-methyl/N-ethyl adjacent to an activating group) is 2. The highest BCUT2D eigenvalue weighted by Gasteiger charge is 2.30. The summed E-state index contributed by atoms with van der Waals surface area (Å²) in [6, 6.07) is 0.210. The van der Waals surface area contributed by atoms with Gasteiger partial charge in [-0.05, 0) is 27.4 Å². The van der Waals surface area contributed by atoms with Crippen molar-refractivity contribution in [2.24, 2.45) is 0 Å². The summed E-state index contributed by atoms with van der Waals surface area (Å²) < 4.78 is 0. The minimum absolute atomic E-state index is 0.167. The van der Waals surface area contributed by atoms with Gasteiger partial charge in [0.15, 0.2) is 0 Å². The molecule has 1 rings (SSSR count). The Labute approximate surface area is 102 Å². The van der Waals surface area contributed by atoms with Gasteiger partial charge in [0.05, 0.1) is 0 Å². The van der Waals surface area contributed by atoms with Crippen LogP contribution in [0.15, 0.2) is 0 Å². The van der Waals surface area contributed by atoms with E-state index in [1.54, 1.807) is 11.8 Å². The van der Waals surface area contributed by atoms with Crippen molar-refractivity contribution in [2.75, 3.05) is 40.3 Å². The van der Waals surface area contributed by atoms with Gasteiger partial charge in [0.25, 0.3) is 0 Å². The Bertz CT molecular complexity index is 294. The molecule has 1 fully saturated rings. The van der Waals surface area contributed by atoms with Crippen molar-refractivity contribution in [3.05, 3.63) is 0 Å². The van der Waals surface area contributed by atoms with E-state index in [-0.39, 0.29) is 12.6 Å². The van der Waals surface area contributed by atoms with Crippen molar-refractivity contribution in [3.8, 4) is 0 Å². The van der Waals surface area contributed by atoms with Crippen LogP contribution in [0.2, 0.25) is 0 Å². The summed E-state index contributed by atoms with van der Waals surface area (Å²) in [4.78, 5) is 27.9. The SMILES string of the molecule is CCN(CC(=O)O)C(=O)N1CCC(N(C)C)C1. The Morgan fingerprint density at radius 3 is 2.47 bits per heavy atom. The standard InChI is InChI=1S/C11H21N3O3/c1-4-13(8-10(15)16)11(17)14-6-5-9(7-14)12(2)3/h9H,4-8H2,1-3H3,(H,15,16). The van der Waals surface area contributed by atoms with Crippen LogP contribution < -0.4 is 0 Å². The van der Waals surface area contributed by atoms with Crippen molar-refractivity contribution in [2.45, 2.75) is 19.4 Å². The molecule has 0 bridgehead atoms. The fraction of sp³-hybridized carbons (Fsp3) is 0.818. The molecule has 0 aromatic rings. The zero-order valence-electron chi connectivity index (χ0n) is 10.7. The van der Waals surface area contributed by atoms with Crippen LogP contribution in [0.3, 0.4) is 0 Å². The number of carbonyl (C=O) groups is 2. The van der Waals surface area contributed by atoms with Gasteiger partial charge in [-0.1, -0.05) is 0 Å². The van der Waals surface area contributed by atoms with Gasteiger partial charge in [0.1, 0.15) is 6.54 Å². The average Bonchev–Trinajstić information content (AvgIpc) is 2.73. The van der Waals surface area contributed by atoms with Gasteiger partial charge in [0, 0.05) is 25.7 Å². The normalized spacial score (nSPS) is 19.8. The topological polar surface area (TPSA) is 64.1 Å². The van der Waals surface area contributed by atoms with E-state index in [4.69, 9.17) is 5.11 Å². The highest BCUT2D eigenvalue weighted by atomic mass is 16.4. The molecule has 0 aromatic heterocycles. The molecule has 17 heavy (non-hydrogen) atoms. The largest absolute Gasteiger partial charge is 0.480 e. The maximum atomic E-state index is 12.1. The first-order valence-corrected chi connectivity index (χ1v) is 5.87. The van der Waals surface area contributed by atoms with E-state index in [9.17, 15) is 9.59 Å². The highest BCUT2D eigenvalue weighted by Crippen LogP contribution is 2.14. The molecule has 1 heterocycles. The van der Waals surface area contributed by atoms with Crippen molar-refractivity contribution in [1.82, 2.24) is 14.7 Å². The van der Waals surface area contributed by atoms with Crippen LogP contribution in [-0.4, -0.2) is 78.1 Å². The molecule has 2 amide bonds. The van der Waals surface area contributed by atoms with E-state index in [2.05, 4.69) is 4.90 Å². The molecular weight excluding hydrogens is 222 g/mol. The first kappa shape index (κ1) is 13.8. The second-order valence-corrected chi connectivity index (χ2v) is 4.54. The molecule has 98 valence electrons. The van der Waals surface area contributed by atoms with Crippen LogP contribution in [0.25, 0.3) is 0 Å². The second kappa shape index (κ2) is 5.86. The van der Waals surface area contributed by atoms with Gasteiger partial charge in [0.2, 0.25) is 0 Å². The van der Waals surface area contributed by atoms with E-state index in [0.29, 0.717) is 25.7 Å². The lowest BCUT2D eigenvalue weighted by Gasteiger charge is -2.26. The van der Waals surface area contributed by atoms with Gasteiger partial charge in [-0.15, -0.1) is 0 Å². The fourth-order valence-corrected chi connectivity index (χ4v) is 2.02. The number of urea groups is 1. The molecule has 0 aromatic carbocycles. The van der Waals surface area contributed by atoms with Gasteiger partial charge in [-0.3, -0.25) is 4.79 Å². The first-order valence-electron chi connectivity index (χ1n) is 5.87. The number of likely N-dealkylation sites (tertiary alicyclic amines) is 1. The summed E-state index contributed by atoms with van der Waals surface area (Å²) in [5, 5.41) is 8.73. The molecule has 0 aliphatic carbocycles. The molecule has 1 saturated heterocycles. The van der Waals surface area contributed by atoms with Gasteiger partial charge >= 0.3 is 12.0 Å². The second-order valence-electron chi connectivity index (χ2n) is 4.54. The minimum atomic E-state index is -0.969. The van der Waals surface area contributed by atoms with E-state index in [0.717, 1.165) is 6.42 Å². The number of carboxylic acids is 1. The molecule has 6 nitrogen and oxygen atoms in total. The summed E-state index contributed by atoms with van der Waals surface area (Å²) >= 11 is 0. The number of amides is 2. The van der Waals surface area contributed by atoms with Crippen molar-refractivity contribution >= 4 is 12.0 Å². The number of carbonyl (C=O) groups excluding carboxylic acids is 1. The Morgan fingerprint density at radius 1 is 1.41 bits per heavy atom. The van der Waals surface area contributed by atoms with E-state index in [1.807, 2.05) is 14.1 Å². The third-order valence-corrected chi connectivity index (χ3v) is 3.14. The van der Waals surface area contributed by atoms with Gasteiger partial charge in [-0.25, -0.2) is 4.79 Å². The number of aliphatic carboxylic acids is 1. The summed E-state index contributed by atoms with van der Waals surface area (Å²) in [6.45, 7) is 3.38. The van der Waals surface area contributed by atoms with Crippen LogP contribution in [0.4, 0.5) is 4.79 Å². The van der Waals surface area contributed by atoms with Crippen molar-refractivity contribution in [1.29, 1.82) is 0 Å². The van der Waals surface area contributed by atoms with Crippen LogP contribution in [0.5, 0.6) is 0 Å². The third-order valence-electron chi connectivity index (χ3n) is 3.14. The van der Waals surface area contributed by atoms with E-state index >= 15 is 0 Å². The predicted molar refractivity (Wildman–Crippen MR) is 63.9 cm³/mol. The number of hydrogen-bond acceptors (Lipinski definition) is 3. The third kappa shape index (κ3) is 3.59. The number of hydrogen-bond donors (Lipinski definition) is 1. The maximum Gasteiger partial charge on any atom is 0.323 e. The highest BCUT2D eigenvalue weighted by molar-refractivity contribution is 5.80. The number of carboxylic acid groups (broad SMARTS) is 1. The summed E-state index contributed by atoms with van der Waals surface area (Å²) in [5.74, 6) is -0.969. The molecular formula is C11H21N3O3.